The lowest BCUT2D eigenvalue weighted by Gasteiger charge is -2.10. The van der Waals surface area contributed by atoms with Crippen molar-refractivity contribution in [2.24, 2.45) is 0 Å². The van der Waals surface area contributed by atoms with Gasteiger partial charge >= 0.3 is 11.7 Å². The summed E-state index contributed by atoms with van der Waals surface area (Å²) in [4.78, 5) is 35.1. The average molecular weight is 370 g/mol. The molecule has 0 fully saturated rings. The van der Waals surface area contributed by atoms with Crippen molar-refractivity contribution in [1.29, 1.82) is 0 Å². The number of benzene rings is 2. The van der Waals surface area contributed by atoms with Gasteiger partial charge in [0.25, 0.3) is 5.91 Å². The molecule has 0 unspecified atom stereocenters. The standard InChI is InChI=1S/C19H18N2O6/c1-3-27-19(23)15(20-18(22)14-7-5-4-6-8-14)11-13-9-10-17(26-2)16(12-13)21(24)25/h4-12H,3H2,1-2H3,(H,20,22)/b15-11+. The zero-order valence-corrected chi connectivity index (χ0v) is 14.8. The number of ether oxygens (including phenoxy) is 2. The molecule has 2 aromatic rings. The molecule has 8 heteroatoms. The molecule has 2 rings (SSSR count). The Morgan fingerprint density at radius 2 is 1.89 bits per heavy atom. The van der Waals surface area contributed by atoms with E-state index in [1.54, 1.807) is 37.3 Å². The van der Waals surface area contributed by atoms with Crippen LogP contribution in [0.15, 0.2) is 54.2 Å². The van der Waals surface area contributed by atoms with Crippen LogP contribution in [0.5, 0.6) is 5.75 Å². The van der Waals surface area contributed by atoms with Crippen LogP contribution in [0.25, 0.3) is 6.08 Å². The molecule has 0 aromatic heterocycles. The van der Waals surface area contributed by atoms with Crippen LogP contribution in [0.1, 0.15) is 22.8 Å². The Morgan fingerprint density at radius 1 is 1.19 bits per heavy atom. The van der Waals surface area contributed by atoms with Gasteiger partial charge in [-0.15, -0.1) is 0 Å². The molecule has 140 valence electrons. The van der Waals surface area contributed by atoms with Crippen molar-refractivity contribution in [1.82, 2.24) is 5.32 Å². The molecular formula is C19H18N2O6. The molecule has 8 nitrogen and oxygen atoms in total. The number of rotatable bonds is 7. The molecule has 0 radical (unpaired) electrons. The molecule has 0 aliphatic rings. The third-order valence-electron chi connectivity index (χ3n) is 3.49. The summed E-state index contributed by atoms with van der Waals surface area (Å²) in [7, 11) is 1.32. The second-order valence-electron chi connectivity index (χ2n) is 5.29. The zero-order chi connectivity index (χ0) is 19.8. The van der Waals surface area contributed by atoms with Crippen LogP contribution < -0.4 is 10.1 Å². The van der Waals surface area contributed by atoms with Crippen molar-refractivity contribution in [3.63, 3.8) is 0 Å². The minimum atomic E-state index is -0.750. The maximum absolute atomic E-state index is 12.3. The molecule has 0 atom stereocenters. The fourth-order valence-corrected chi connectivity index (χ4v) is 2.25. The molecule has 27 heavy (non-hydrogen) atoms. The van der Waals surface area contributed by atoms with Crippen molar-refractivity contribution in [2.75, 3.05) is 13.7 Å². The normalized spacial score (nSPS) is 10.8. The van der Waals surface area contributed by atoms with Crippen LogP contribution in [0.4, 0.5) is 5.69 Å². The van der Waals surface area contributed by atoms with Gasteiger partial charge in [-0.1, -0.05) is 24.3 Å². The SMILES string of the molecule is CCOC(=O)/C(=C\c1ccc(OC)c([N+](=O)[O-])c1)NC(=O)c1ccccc1. The van der Waals surface area contributed by atoms with Crippen LogP contribution >= 0.6 is 0 Å². The van der Waals surface area contributed by atoms with E-state index in [4.69, 9.17) is 9.47 Å². The minimum absolute atomic E-state index is 0.0863. The molecule has 0 saturated heterocycles. The first-order valence-electron chi connectivity index (χ1n) is 8.04. The lowest BCUT2D eigenvalue weighted by Crippen LogP contribution is -2.28. The summed E-state index contributed by atoms with van der Waals surface area (Å²) in [6.07, 6.45) is 1.31. The van der Waals surface area contributed by atoms with E-state index in [9.17, 15) is 19.7 Å². The maximum atomic E-state index is 12.3. The van der Waals surface area contributed by atoms with Crippen LogP contribution in [0, 0.1) is 10.1 Å². The van der Waals surface area contributed by atoms with E-state index in [2.05, 4.69) is 5.32 Å². The number of carbonyl (C=O) groups excluding carboxylic acids is 2. The Morgan fingerprint density at radius 3 is 2.48 bits per heavy atom. The number of nitro groups is 1. The monoisotopic (exact) mass is 370 g/mol. The highest BCUT2D eigenvalue weighted by molar-refractivity contribution is 6.03. The van der Waals surface area contributed by atoms with Crippen molar-refractivity contribution in [3.8, 4) is 5.75 Å². The van der Waals surface area contributed by atoms with E-state index in [1.807, 2.05) is 0 Å². The highest BCUT2D eigenvalue weighted by atomic mass is 16.6. The van der Waals surface area contributed by atoms with Gasteiger partial charge in [-0.25, -0.2) is 4.79 Å². The summed E-state index contributed by atoms with van der Waals surface area (Å²) in [5, 5.41) is 13.7. The number of hydrogen-bond acceptors (Lipinski definition) is 6. The van der Waals surface area contributed by atoms with E-state index in [1.165, 1.54) is 31.4 Å². The van der Waals surface area contributed by atoms with Crippen LogP contribution in [0.3, 0.4) is 0 Å². The third kappa shape index (κ3) is 5.15. The quantitative estimate of drug-likeness (QED) is 0.347. The molecule has 0 bridgehead atoms. The number of carbonyl (C=O) groups is 2. The largest absolute Gasteiger partial charge is 0.490 e. The fraction of sp³-hybridized carbons (Fsp3) is 0.158. The van der Waals surface area contributed by atoms with Crippen molar-refractivity contribution >= 4 is 23.6 Å². The van der Waals surface area contributed by atoms with Gasteiger partial charge in [0.15, 0.2) is 5.75 Å². The summed E-state index contributed by atoms with van der Waals surface area (Å²) in [5.41, 5.74) is 0.293. The summed E-state index contributed by atoms with van der Waals surface area (Å²) in [5.74, 6) is -1.17. The number of nitrogens with one attached hydrogen (secondary N) is 1. The minimum Gasteiger partial charge on any atom is -0.490 e. The maximum Gasteiger partial charge on any atom is 0.354 e. The molecule has 1 N–H and O–H groups in total. The summed E-state index contributed by atoms with van der Waals surface area (Å²) in [6.45, 7) is 1.74. The van der Waals surface area contributed by atoms with Gasteiger partial charge in [-0.2, -0.15) is 0 Å². The van der Waals surface area contributed by atoms with E-state index < -0.39 is 16.8 Å². The summed E-state index contributed by atoms with van der Waals surface area (Å²) in [6, 6.07) is 12.5. The number of nitrogens with zero attached hydrogens (tertiary/aromatic N) is 1. The molecule has 0 spiro atoms. The molecule has 1 amide bonds. The second-order valence-corrected chi connectivity index (χ2v) is 5.29. The highest BCUT2D eigenvalue weighted by Gasteiger charge is 2.18. The van der Waals surface area contributed by atoms with E-state index in [0.29, 0.717) is 11.1 Å². The molecule has 2 aromatic carbocycles. The Hall–Kier alpha value is -3.68. The Bertz CT molecular complexity index is 877. The van der Waals surface area contributed by atoms with E-state index >= 15 is 0 Å². The number of hydrogen-bond donors (Lipinski definition) is 1. The topological polar surface area (TPSA) is 108 Å². The van der Waals surface area contributed by atoms with Gasteiger partial charge in [0.1, 0.15) is 5.70 Å². The van der Waals surface area contributed by atoms with Crippen molar-refractivity contribution in [2.45, 2.75) is 6.92 Å². The number of methoxy groups -OCH3 is 1. The highest BCUT2D eigenvalue weighted by Crippen LogP contribution is 2.28. The predicted octanol–water partition coefficient (Wildman–Crippen LogP) is 2.94. The molecule has 0 aliphatic carbocycles. The first-order chi connectivity index (χ1) is 13.0. The Labute approximate surface area is 155 Å². The van der Waals surface area contributed by atoms with Crippen molar-refractivity contribution < 1.29 is 24.0 Å². The van der Waals surface area contributed by atoms with Gasteiger partial charge in [0.05, 0.1) is 18.6 Å². The lowest BCUT2D eigenvalue weighted by molar-refractivity contribution is -0.385. The second kappa shape index (κ2) is 9.14. The van der Waals surface area contributed by atoms with Gasteiger partial charge in [-0.05, 0) is 36.8 Å². The van der Waals surface area contributed by atoms with Gasteiger partial charge in [0, 0.05) is 11.6 Å². The molecular weight excluding hydrogens is 352 g/mol. The number of amides is 1. The van der Waals surface area contributed by atoms with E-state index in [-0.39, 0.29) is 23.7 Å². The lowest BCUT2D eigenvalue weighted by atomic mass is 10.1. The van der Waals surface area contributed by atoms with Gasteiger partial charge in [0.2, 0.25) is 0 Å². The zero-order valence-electron chi connectivity index (χ0n) is 14.8. The summed E-state index contributed by atoms with van der Waals surface area (Å²) >= 11 is 0. The molecule has 0 saturated carbocycles. The Balaban J connectivity index is 2.39. The number of nitro benzene ring substituents is 1. The first kappa shape index (κ1) is 19.6. The fourth-order valence-electron chi connectivity index (χ4n) is 2.25. The average Bonchev–Trinajstić information content (AvgIpc) is 2.68. The van der Waals surface area contributed by atoms with Crippen LogP contribution in [-0.2, 0) is 9.53 Å². The number of esters is 1. The smallest absolute Gasteiger partial charge is 0.354 e. The summed E-state index contributed by atoms with van der Waals surface area (Å²) < 4.78 is 9.91. The first-order valence-corrected chi connectivity index (χ1v) is 8.04. The van der Waals surface area contributed by atoms with Crippen molar-refractivity contribution in [3.05, 3.63) is 75.5 Å². The van der Waals surface area contributed by atoms with Gasteiger partial charge in [-0.3, -0.25) is 14.9 Å². The third-order valence-corrected chi connectivity index (χ3v) is 3.49. The molecule has 0 heterocycles. The Kier molecular flexibility index (Phi) is 6.65. The van der Waals surface area contributed by atoms with Crippen LogP contribution in [0.2, 0.25) is 0 Å². The van der Waals surface area contributed by atoms with Crippen LogP contribution in [-0.4, -0.2) is 30.5 Å². The van der Waals surface area contributed by atoms with Gasteiger partial charge < -0.3 is 14.8 Å². The van der Waals surface area contributed by atoms with E-state index in [0.717, 1.165) is 0 Å². The predicted molar refractivity (Wildman–Crippen MR) is 98.2 cm³/mol. The molecule has 0 aliphatic heterocycles.